The largest absolute Gasteiger partial charge is 0.497 e. The summed E-state index contributed by atoms with van der Waals surface area (Å²) in [6.45, 7) is 2.00. The number of ether oxygens (including phenoxy) is 1. The van der Waals surface area contributed by atoms with Crippen molar-refractivity contribution in [2.75, 3.05) is 20.2 Å². The Bertz CT molecular complexity index is 837. The fourth-order valence-electron chi connectivity index (χ4n) is 3.73. The highest BCUT2D eigenvalue weighted by molar-refractivity contribution is 6.30. The summed E-state index contributed by atoms with van der Waals surface area (Å²) in [5.41, 5.74) is 4.64. The molecule has 2 heterocycles. The van der Waals surface area contributed by atoms with Gasteiger partial charge in [0.1, 0.15) is 11.6 Å². The van der Waals surface area contributed by atoms with Gasteiger partial charge in [-0.3, -0.25) is 0 Å². The molecule has 1 fully saturated rings. The van der Waals surface area contributed by atoms with Crippen LogP contribution >= 0.6 is 11.6 Å². The Hall–Kier alpha value is -2.26. The molecule has 1 saturated heterocycles. The Morgan fingerprint density at radius 1 is 0.962 bits per heavy atom. The number of rotatable bonds is 3. The molecular weight excluding hydrogens is 344 g/mol. The van der Waals surface area contributed by atoms with Crippen molar-refractivity contribution in [2.45, 2.75) is 25.7 Å². The second kappa shape index (κ2) is 7.55. The van der Waals surface area contributed by atoms with Gasteiger partial charge in [0.2, 0.25) is 0 Å². The predicted molar refractivity (Wildman–Crippen MR) is 108 cm³/mol. The third-order valence-corrected chi connectivity index (χ3v) is 5.35. The number of amidine groups is 1. The van der Waals surface area contributed by atoms with E-state index in [4.69, 9.17) is 21.3 Å². The number of fused-ring (bicyclic) bond motifs is 1. The van der Waals surface area contributed by atoms with E-state index < -0.39 is 0 Å². The summed E-state index contributed by atoms with van der Waals surface area (Å²) in [5, 5.41) is 0.750. The topological polar surface area (TPSA) is 24.8 Å². The summed E-state index contributed by atoms with van der Waals surface area (Å²) < 4.78 is 5.32. The maximum Gasteiger partial charge on any atom is 0.118 e. The van der Waals surface area contributed by atoms with Gasteiger partial charge < -0.3 is 9.64 Å². The van der Waals surface area contributed by atoms with Gasteiger partial charge in [0.15, 0.2) is 0 Å². The molecule has 0 aromatic heterocycles. The van der Waals surface area contributed by atoms with Crippen LogP contribution in [-0.2, 0) is 0 Å². The average molecular weight is 367 g/mol. The van der Waals surface area contributed by atoms with E-state index in [1.54, 1.807) is 7.11 Å². The standard InChI is InChI=1S/C22H23ClN2O/c1-26-19-12-8-17(9-13-19)22(16-6-10-18(23)11-7-16)20-15-25-14-4-2-3-5-21(25)24-20/h6-13H,2-5,14-15H2,1H3/b22-20-. The zero-order valence-electron chi connectivity index (χ0n) is 15.0. The summed E-state index contributed by atoms with van der Waals surface area (Å²) >= 11 is 6.11. The van der Waals surface area contributed by atoms with Crippen LogP contribution in [0.3, 0.4) is 0 Å². The average Bonchev–Trinajstić information content (AvgIpc) is 2.94. The Balaban J connectivity index is 1.81. The third-order valence-electron chi connectivity index (χ3n) is 5.10. The monoisotopic (exact) mass is 366 g/mol. The van der Waals surface area contributed by atoms with Crippen molar-refractivity contribution in [3.8, 4) is 5.75 Å². The molecule has 134 valence electrons. The van der Waals surface area contributed by atoms with Crippen molar-refractivity contribution >= 4 is 23.0 Å². The summed E-state index contributed by atoms with van der Waals surface area (Å²) in [6, 6.07) is 16.3. The van der Waals surface area contributed by atoms with Gasteiger partial charge in [-0.05, 0) is 48.2 Å². The number of nitrogens with zero attached hydrogens (tertiary/aromatic N) is 2. The van der Waals surface area contributed by atoms with Crippen LogP contribution in [0.15, 0.2) is 59.2 Å². The summed E-state index contributed by atoms with van der Waals surface area (Å²) in [5.74, 6) is 2.11. The number of halogens is 1. The molecular formula is C22H23ClN2O. The molecule has 2 aromatic carbocycles. The smallest absolute Gasteiger partial charge is 0.118 e. The van der Waals surface area contributed by atoms with Crippen molar-refractivity contribution in [3.05, 3.63) is 70.4 Å². The zero-order chi connectivity index (χ0) is 17.9. The molecule has 0 aliphatic carbocycles. The van der Waals surface area contributed by atoms with Crippen molar-refractivity contribution in [1.82, 2.24) is 4.90 Å². The molecule has 0 radical (unpaired) electrons. The minimum atomic E-state index is 0.750. The highest BCUT2D eigenvalue weighted by atomic mass is 35.5. The van der Waals surface area contributed by atoms with Crippen LogP contribution in [0.4, 0.5) is 0 Å². The maximum absolute atomic E-state index is 6.11. The first kappa shape index (κ1) is 17.2. The lowest BCUT2D eigenvalue weighted by Crippen LogP contribution is -2.26. The number of methoxy groups -OCH3 is 1. The predicted octanol–water partition coefficient (Wildman–Crippen LogP) is 5.40. The molecule has 0 bridgehead atoms. The van der Waals surface area contributed by atoms with E-state index in [2.05, 4.69) is 29.2 Å². The van der Waals surface area contributed by atoms with Crippen LogP contribution in [-0.4, -0.2) is 30.9 Å². The van der Waals surface area contributed by atoms with E-state index in [-0.39, 0.29) is 0 Å². The normalized spacial score (nSPS) is 18.8. The Morgan fingerprint density at radius 3 is 2.35 bits per heavy atom. The first-order chi connectivity index (χ1) is 12.7. The van der Waals surface area contributed by atoms with Gasteiger partial charge in [-0.15, -0.1) is 0 Å². The van der Waals surface area contributed by atoms with Gasteiger partial charge >= 0.3 is 0 Å². The van der Waals surface area contributed by atoms with Crippen LogP contribution in [0.2, 0.25) is 5.02 Å². The lowest BCUT2D eigenvalue weighted by molar-refractivity contribution is 0.415. The lowest BCUT2D eigenvalue weighted by atomic mass is 9.95. The molecule has 4 heteroatoms. The summed E-state index contributed by atoms with van der Waals surface area (Å²) in [7, 11) is 1.69. The molecule has 0 atom stereocenters. The second-order valence-electron chi connectivity index (χ2n) is 6.82. The molecule has 0 saturated carbocycles. The molecule has 26 heavy (non-hydrogen) atoms. The minimum absolute atomic E-state index is 0.750. The highest BCUT2D eigenvalue weighted by Gasteiger charge is 2.25. The maximum atomic E-state index is 6.11. The van der Waals surface area contributed by atoms with Crippen LogP contribution in [0.1, 0.15) is 36.8 Å². The van der Waals surface area contributed by atoms with Gasteiger partial charge in [-0.1, -0.05) is 42.3 Å². The Morgan fingerprint density at radius 2 is 1.65 bits per heavy atom. The Labute approximate surface area is 160 Å². The molecule has 2 aliphatic rings. The lowest BCUT2D eigenvalue weighted by Gasteiger charge is -2.17. The zero-order valence-corrected chi connectivity index (χ0v) is 15.8. The molecule has 0 spiro atoms. The van der Waals surface area contributed by atoms with Crippen molar-refractivity contribution in [2.24, 2.45) is 4.99 Å². The number of hydrogen-bond donors (Lipinski definition) is 0. The van der Waals surface area contributed by atoms with Gasteiger partial charge in [0.25, 0.3) is 0 Å². The fraction of sp³-hybridized carbons (Fsp3) is 0.318. The van der Waals surface area contributed by atoms with Crippen LogP contribution in [0.25, 0.3) is 5.57 Å². The van der Waals surface area contributed by atoms with Crippen LogP contribution in [0.5, 0.6) is 5.75 Å². The van der Waals surface area contributed by atoms with Crippen LogP contribution < -0.4 is 4.74 Å². The van der Waals surface area contributed by atoms with E-state index in [0.717, 1.165) is 47.1 Å². The number of hydrogen-bond acceptors (Lipinski definition) is 3. The molecule has 0 unspecified atom stereocenters. The fourth-order valence-corrected chi connectivity index (χ4v) is 3.85. The molecule has 4 rings (SSSR count). The number of benzene rings is 2. The van der Waals surface area contributed by atoms with Crippen LogP contribution in [0, 0.1) is 0 Å². The molecule has 2 aliphatic heterocycles. The van der Waals surface area contributed by atoms with E-state index >= 15 is 0 Å². The first-order valence-electron chi connectivity index (χ1n) is 9.20. The highest BCUT2D eigenvalue weighted by Crippen LogP contribution is 2.33. The van der Waals surface area contributed by atoms with Gasteiger partial charge in [0, 0.05) is 23.6 Å². The van der Waals surface area contributed by atoms with Crippen molar-refractivity contribution in [3.63, 3.8) is 0 Å². The number of aliphatic imine (C=N–C) groups is 1. The Kier molecular flexibility index (Phi) is 4.98. The van der Waals surface area contributed by atoms with Crippen molar-refractivity contribution in [1.29, 1.82) is 0 Å². The second-order valence-corrected chi connectivity index (χ2v) is 7.25. The first-order valence-corrected chi connectivity index (χ1v) is 9.58. The summed E-state index contributed by atoms with van der Waals surface area (Å²) in [6.07, 6.45) is 4.88. The van der Waals surface area contributed by atoms with Crippen molar-refractivity contribution < 1.29 is 4.74 Å². The quantitative estimate of drug-likeness (QED) is 0.726. The third kappa shape index (κ3) is 3.49. The minimum Gasteiger partial charge on any atom is -0.497 e. The van der Waals surface area contributed by atoms with E-state index in [0.29, 0.717) is 0 Å². The van der Waals surface area contributed by atoms with Gasteiger partial charge in [-0.2, -0.15) is 0 Å². The molecule has 3 nitrogen and oxygen atoms in total. The van der Waals surface area contributed by atoms with E-state index in [1.807, 2.05) is 24.3 Å². The van der Waals surface area contributed by atoms with E-state index in [9.17, 15) is 0 Å². The van der Waals surface area contributed by atoms with Gasteiger partial charge in [-0.25, -0.2) is 4.99 Å². The SMILES string of the molecule is COc1ccc(/C(=C2/CN3CCCCCC3=N2)c2ccc(Cl)cc2)cc1. The summed E-state index contributed by atoms with van der Waals surface area (Å²) in [4.78, 5) is 7.49. The molecule has 0 amide bonds. The van der Waals surface area contributed by atoms with E-state index in [1.165, 1.54) is 30.7 Å². The molecule has 2 aromatic rings. The molecule has 0 N–H and O–H groups in total. The van der Waals surface area contributed by atoms with Gasteiger partial charge in [0.05, 0.1) is 19.4 Å².